The van der Waals surface area contributed by atoms with Crippen molar-refractivity contribution in [1.82, 2.24) is 5.32 Å². The number of ether oxygens (including phenoxy) is 2. The monoisotopic (exact) mass is 559 g/mol. The van der Waals surface area contributed by atoms with Crippen LogP contribution in [0.25, 0.3) is 0 Å². The number of carbonyl (C=O) groups excluding carboxylic acids is 1. The van der Waals surface area contributed by atoms with Crippen molar-refractivity contribution in [2.75, 3.05) is 17.2 Å². The molecule has 0 saturated heterocycles. The van der Waals surface area contributed by atoms with Crippen LogP contribution in [0.2, 0.25) is 0 Å². The number of benzene rings is 3. The van der Waals surface area contributed by atoms with Crippen LogP contribution >= 0.6 is 15.9 Å². The Morgan fingerprint density at radius 1 is 1.03 bits per heavy atom. The fraction of sp³-hybridized carbons (Fsp3) is 0.240. The molecule has 4 rings (SSSR count). The highest BCUT2D eigenvalue weighted by atomic mass is 79.9. The first kappa shape index (κ1) is 24.9. The fourth-order valence-corrected chi connectivity index (χ4v) is 4.94. The molecule has 8 nitrogen and oxygen atoms in total. The SMILES string of the molecule is CC(C)(C)c1ccc(S(=O)(=O)Nc2cc(N)c(Br)cc2C(=O)NCc2ccc3c(c2)OCO3)cc1. The number of amides is 1. The molecule has 0 bridgehead atoms. The Kier molecular flexibility index (Phi) is 6.70. The first-order valence-corrected chi connectivity index (χ1v) is 13.1. The van der Waals surface area contributed by atoms with Gasteiger partial charge in [0.05, 0.1) is 16.1 Å². The Hall–Kier alpha value is -3.24. The minimum Gasteiger partial charge on any atom is -0.454 e. The minimum atomic E-state index is -3.97. The first-order valence-electron chi connectivity index (χ1n) is 10.8. The Labute approximate surface area is 213 Å². The van der Waals surface area contributed by atoms with Crippen molar-refractivity contribution in [3.05, 3.63) is 75.8 Å². The smallest absolute Gasteiger partial charge is 0.261 e. The van der Waals surface area contributed by atoms with Crippen LogP contribution in [0.3, 0.4) is 0 Å². The molecule has 1 aliphatic heterocycles. The van der Waals surface area contributed by atoms with Gasteiger partial charge in [0.1, 0.15) is 0 Å². The Balaban J connectivity index is 1.56. The molecule has 3 aromatic rings. The molecule has 0 spiro atoms. The highest BCUT2D eigenvalue weighted by Gasteiger charge is 2.22. The van der Waals surface area contributed by atoms with Gasteiger partial charge >= 0.3 is 0 Å². The highest BCUT2D eigenvalue weighted by molar-refractivity contribution is 9.10. The number of nitrogens with one attached hydrogen (secondary N) is 2. The number of rotatable bonds is 6. The van der Waals surface area contributed by atoms with E-state index in [1.165, 1.54) is 12.1 Å². The molecule has 10 heteroatoms. The summed E-state index contributed by atoms with van der Waals surface area (Å²) in [6.07, 6.45) is 0. The van der Waals surface area contributed by atoms with Crippen LogP contribution in [-0.2, 0) is 22.0 Å². The van der Waals surface area contributed by atoms with E-state index in [4.69, 9.17) is 15.2 Å². The number of hydrogen-bond donors (Lipinski definition) is 3. The lowest BCUT2D eigenvalue weighted by atomic mass is 9.87. The molecular weight excluding hydrogens is 534 g/mol. The molecule has 1 amide bonds. The van der Waals surface area contributed by atoms with Crippen LogP contribution < -0.4 is 25.2 Å². The second-order valence-corrected chi connectivity index (χ2v) is 11.7. The van der Waals surface area contributed by atoms with E-state index in [2.05, 4.69) is 26.0 Å². The molecule has 0 aromatic heterocycles. The number of sulfonamides is 1. The summed E-state index contributed by atoms with van der Waals surface area (Å²) in [4.78, 5) is 13.1. The lowest BCUT2D eigenvalue weighted by Crippen LogP contribution is -2.25. The number of halogens is 1. The maximum atomic E-state index is 13.1. The Bertz CT molecular complexity index is 1380. The number of fused-ring (bicyclic) bond motifs is 1. The predicted octanol–water partition coefficient (Wildman–Crippen LogP) is 4.79. The molecule has 1 aliphatic rings. The summed E-state index contributed by atoms with van der Waals surface area (Å²) in [6.45, 7) is 6.51. The summed E-state index contributed by atoms with van der Waals surface area (Å²) in [7, 11) is -3.97. The van der Waals surface area contributed by atoms with Crippen LogP contribution in [0, 0.1) is 0 Å². The number of nitrogen functional groups attached to an aromatic ring is 1. The van der Waals surface area contributed by atoms with E-state index in [0.29, 0.717) is 16.0 Å². The maximum absolute atomic E-state index is 13.1. The third-order valence-corrected chi connectivity index (χ3v) is 7.61. The standard InChI is InChI=1S/C25H26BrN3O5S/c1-25(2,3)16-5-7-17(8-6-16)35(31,32)29-21-12-20(27)19(26)11-18(21)24(30)28-13-15-4-9-22-23(10-15)34-14-33-22/h4-12,29H,13-14,27H2,1-3H3,(H,28,30). The van der Waals surface area contributed by atoms with Gasteiger partial charge in [0.25, 0.3) is 15.9 Å². The zero-order chi connectivity index (χ0) is 25.4. The minimum absolute atomic E-state index is 0.0776. The molecule has 0 radical (unpaired) electrons. The van der Waals surface area contributed by atoms with Crippen LogP contribution in [0.1, 0.15) is 42.3 Å². The third-order valence-electron chi connectivity index (χ3n) is 5.55. The van der Waals surface area contributed by atoms with Crippen molar-refractivity contribution in [3.8, 4) is 11.5 Å². The van der Waals surface area contributed by atoms with E-state index in [1.807, 2.05) is 26.8 Å². The number of hydrogen-bond acceptors (Lipinski definition) is 6. The molecule has 0 atom stereocenters. The fourth-order valence-electron chi connectivity index (χ4n) is 3.53. The number of nitrogens with two attached hydrogens (primary N) is 1. The normalized spacial score (nSPS) is 12.9. The first-order chi connectivity index (χ1) is 16.4. The second kappa shape index (κ2) is 9.43. The van der Waals surface area contributed by atoms with Crippen molar-refractivity contribution < 1.29 is 22.7 Å². The van der Waals surface area contributed by atoms with Gasteiger partial charge in [-0.05, 0) is 68.9 Å². The van der Waals surface area contributed by atoms with E-state index in [0.717, 1.165) is 11.1 Å². The van der Waals surface area contributed by atoms with Crippen molar-refractivity contribution in [2.24, 2.45) is 0 Å². The second-order valence-electron chi connectivity index (χ2n) is 9.17. The van der Waals surface area contributed by atoms with Crippen LogP contribution in [0.15, 0.2) is 64.0 Å². The lowest BCUT2D eigenvalue weighted by Gasteiger charge is -2.19. The van der Waals surface area contributed by atoms with Gasteiger partial charge in [-0.2, -0.15) is 0 Å². The molecular formula is C25H26BrN3O5S. The summed E-state index contributed by atoms with van der Waals surface area (Å²) < 4.78 is 39.9. The van der Waals surface area contributed by atoms with Gasteiger partial charge in [0.2, 0.25) is 6.79 Å². The number of anilines is 2. The van der Waals surface area contributed by atoms with Crippen molar-refractivity contribution in [1.29, 1.82) is 0 Å². The largest absolute Gasteiger partial charge is 0.454 e. The van der Waals surface area contributed by atoms with Crippen LogP contribution in [-0.4, -0.2) is 21.1 Å². The summed E-state index contributed by atoms with van der Waals surface area (Å²) in [5.74, 6) is 0.789. The van der Waals surface area contributed by atoms with Crippen molar-refractivity contribution in [2.45, 2.75) is 37.6 Å². The average Bonchev–Trinajstić information content (AvgIpc) is 3.27. The van der Waals surface area contributed by atoms with Crippen molar-refractivity contribution in [3.63, 3.8) is 0 Å². The topological polar surface area (TPSA) is 120 Å². The van der Waals surface area contributed by atoms with Crippen LogP contribution in [0.4, 0.5) is 11.4 Å². The maximum Gasteiger partial charge on any atom is 0.261 e. The lowest BCUT2D eigenvalue weighted by molar-refractivity contribution is 0.0951. The summed E-state index contributed by atoms with van der Waals surface area (Å²) in [5, 5.41) is 2.81. The zero-order valence-electron chi connectivity index (χ0n) is 19.5. The average molecular weight is 560 g/mol. The van der Waals surface area contributed by atoms with Gasteiger partial charge in [-0.3, -0.25) is 9.52 Å². The quantitative estimate of drug-likeness (QED) is 0.373. The van der Waals surface area contributed by atoms with Gasteiger partial charge in [-0.15, -0.1) is 0 Å². The molecule has 0 fully saturated rings. The van der Waals surface area contributed by atoms with Crippen LogP contribution in [0.5, 0.6) is 11.5 Å². The molecule has 3 aromatic carbocycles. The highest BCUT2D eigenvalue weighted by Crippen LogP contribution is 2.33. The van der Waals surface area contributed by atoms with E-state index < -0.39 is 15.9 Å². The van der Waals surface area contributed by atoms with Gasteiger partial charge < -0.3 is 20.5 Å². The summed E-state index contributed by atoms with van der Waals surface area (Å²) in [6, 6.07) is 14.9. The van der Waals surface area contributed by atoms with E-state index in [-0.39, 0.29) is 40.6 Å². The Morgan fingerprint density at radius 2 is 1.71 bits per heavy atom. The Morgan fingerprint density at radius 3 is 2.40 bits per heavy atom. The third kappa shape index (κ3) is 5.54. The summed E-state index contributed by atoms with van der Waals surface area (Å²) in [5.41, 5.74) is 8.19. The van der Waals surface area contributed by atoms with Gasteiger partial charge in [-0.1, -0.05) is 39.0 Å². The molecule has 0 unspecified atom stereocenters. The molecule has 0 saturated carbocycles. The van der Waals surface area contributed by atoms with Gasteiger partial charge in [0, 0.05) is 16.7 Å². The summed E-state index contributed by atoms with van der Waals surface area (Å²) >= 11 is 3.32. The molecule has 1 heterocycles. The van der Waals surface area contributed by atoms with Crippen molar-refractivity contribution >= 4 is 43.2 Å². The molecule has 4 N–H and O–H groups in total. The van der Waals surface area contributed by atoms with Gasteiger partial charge in [0.15, 0.2) is 11.5 Å². The van der Waals surface area contributed by atoms with E-state index in [1.54, 1.807) is 36.4 Å². The molecule has 184 valence electrons. The molecule has 0 aliphatic carbocycles. The molecule has 35 heavy (non-hydrogen) atoms. The van der Waals surface area contributed by atoms with E-state index >= 15 is 0 Å². The zero-order valence-corrected chi connectivity index (χ0v) is 21.9. The van der Waals surface area contributed by atoms with E-state index in [9.17, 15) is 13.2 Å². The van der Waals surface area contributed by atoms with Gasteiger partial charge in [-0.25, -0.2) is 8.42 Å². The number of carbonyl (C=O) groups is 1. The predicted molar refractivity (Wildman–Crippen MR) is 138 cm³/mol.